The molecule has 208 valence electrons. The van der Waals surface area contributed by atoms with Crippen LogP contribution in [0.2, 0.25) is 0 Å². The summed E-state index contributed by atoms with van der Waals surface area (Å²) in [5.41, 5.74) is 1.14. The Hall–Kier alpha value is -4.30. The lowest BCUT2D eigenvalue weighted by Crippen LogP contribution is -2.49. The fourth-order valence-corrected chi connectivity index (χ4v) is 7.32. The molecule has 0 unspecified atom stereocenters. The Morgan fingerprint density at radius 2 is 1.85 bits per heavy atom. The van der Waals surface area contributed by atoms with Crippen LogP contribution in [0.25, 0.3) is 16.9 Å². The normalized spacial score (nSPS) is 18.1. The molecule has 1 amide bonds. The number of rotatable bonds is 4. The summed E-state index contributed by atoms with van der Waals surface area (Å²) in [4.78, 5) is 60.7. The van der Waals surface area contributed by atoms with E-state index in [1.807, 2.05) is 35.3 Å². The number of carbonyl (C=O) groups is 1. The maximum Gasteiger partial charge on any atom is 0.325 e. The highest BCUT2D eigenvalue weighted by Crippen LogP contribution is 2.27. The summed E-state index contributed by atoms with van der Waals surface area (Å²) in [6.07, 6.45) is 1.25. The first-order valence-corrected chi connectivity index (χ1v) is 14.4. The number of carbonyl (C=O) groups excluding carboxylic acids is 1. The van der Waals surface area contributed by atoms with Crippen LogP contribution in [0, 0.1) is 12.8 Å². The van der Waals surface area contributed by atoms with E-state index in [0.29, 0.717) is 42.7 Å². The minimum absolute atomic E-state index is 0.0568. The van der Waals surface area contributed by atoms with Gasteiger partial charge in [0.15, 0.2) is 10.5 Å². The number of sulfonamides is 1. The third-order valence-corrected chi connectivity index (χ3v) is 9.59. The van der Waals surface area contributed by atoms with Crippen molar-refractivity contribution in [1.29, 1.82) is 0 Å². The van der Waals surface area contributed by atoms with Gasteiger partial charge in [0, 0.05) is 37.0 Å². The number of aryl methyl sites for hydroxylation is 1. The molecular formula is C26H27N7O6S. The van der Waals surface area contributed by atoms with Gasteiger partial charge >= 0.3 is 5.69 Å². The number of aromatic nitrogens is 5. The number of H-pyrrole nitrogens is 3. The minimum Gasteiger partial charge on any atom is -0.336 e. The monoisotopic (exact) mass is 565 g/mol. The Bertz CT molecular complexity index is 1920. The highest BCUT2D eigenvalue weighted by atomic mass is 32.2. The first-order chi connectivity index (χ1) is 19.1. The Morgan fingerprint density at radius 1 is 1.07 bits per heavy atom. The van der Waals surface area contributed by atoms with Gasteiger partial charge in [-0.1, -0.05) is 30.3 Å². The molecule has 6 rings (SSSR count). The zero-order chi connectivity index (χ0) is 28.2. The number of piperidine rings is 1. The van der Waals surface area contributed by atoms with Crippen LogP contribution in [0.4, 0.5) is 0 Å². The number of hydrogen-bond donors (Lipinski definition) is 3. The summed E-state index contributed by atoms with van der Waals surface area (Å²) in [6, 6.07) is 11.4. The molecule has 4 aromatic rings. The van der Waals surface area contributed by atoms with E-state index in [-0.39, 0.29) is 36.8 Å². The molecule has 40 heavy (non-hydrogen) atoms. The van der Waals surface area contributed by atoms with Gasteiger partial charge in [-0.15, -0.1) is 0 Å². The summed E-state index contributed by atoms with van der Waals surface area (Å²) in [5.74, 6) is -0.840. The molecule has 2 aliphatic heterocycles. The lowest BCUT2D eigenvalue weighted by Gasteiger charge is -2.35. The van der Waals surface area contributed by atoms with Crippen LogP contribution in [-0.4, -0.2) is 67.7 Å². The van der Waals surface area contributed by atoms with Crippen LogP contribution in [0.1, 0.15) is 29.8 Å². The van der Waals surface area contributed by atoms with Gasteiger partial charge in [-0.2, -0.15) is 4.31 Å². The molecule has 1 atom stereocenters. The van der Waals surface area contributed by atoms with Crippen LogP contribution in [-0.2, 0) is 27.8 Å². The first kappa shape index (κ1) is 26.0. The van der Waals surface area contributed by atoms with Gasteiger partial charge < -0.3 is 9.88 Å². The van der Waals surface area contributed by atoms with Crippen molar-refractivity contribution >= 4 is 21.6 Å². The van der Waals surface area contributed by atoms with Gasteiger partial charge in [0.05, 0.1) is 23.9 Å². The molecule has 0 saturated carbocycles. The summed E-state index contributed by atoms with van der Waals surface area (Å²) in [5, 5.41) is 3.11. The Labute approximate surface area is 227 Å². The second-order valence-electron chi connectivity index (χ2n) is 10.1. The molecular weight excluding hydrogens is 538 g/mol. The van der Waals surface area contributed by atoms with Crippen molar-refractivity contribution in [2.45, 2.75) is 37.6 Å². The third kappa shape index (κ3) is 4.38. The molecule has 3 aromatic heterocycles. The van der Waals surface area contributed by atoms with E-state index in [4.69, 9.17) is 0 Å². The fourth-order valence-electron chi connectivity index (χ4n) is 5.60. The predicted molar refractivity (Wildman–Crippen MR) is 144 cm³/mol. The second kappa shape index (κ2) is 9.71. The van der Waals surface area contributed by atoms with Gasteiger partial charge in [0.25, 0.3) is 11.1 Å². The topological polar surface area (TPSA) is 174 Å². The number of amides is 1. The number of hydrogen-bond acceptors (Lipinski definition) is 7. The second-order valence-corrected chi connectivity index (χ2v) is 12.0. The lowest BCUT2D eigenvalue weighted by molar-refractivity contribution is -0.137. The van der Waals surface area contributed by atoms with E-state index >= 15 is 0 Å². The fraction of sp³-hybridized carbons (Fsp3) is 0.346. The molecule has 2 aliphatic rings. The van der Waals surface area contributed by atoms with Crippen molar-refractivity contribution in [3.8, 4) is 11.3 Å². The van der Waals surface area contributed by atoms with Crippen molar-refractivity contribution in [2.24, 2.45) is 5.92 Å². The molecule has 5 heterocycles. The highest BCUT2D eigenvalue weighted by molar-refractivity contribution is 7.89. The van der Waals surface area contributed by atoms with E-state index in [9.17, 15) is 27.6 Å². The van der Waals surface area contributed by atoms with Crippen LogP contribution in [0.5, 0.6) is 0 Å². The van der Waals surface area contributed by atoms with Crippen molar-refractivity contribution in [3.05, 3.63) is 84.5 Å². The third-order valence-electron chi connectivity index (χ3n) is 7.57. The van der Waals surface area contributed by atoms with Crippen LogP contribution >= 0.6 is 0 Å². The zero-order valence-corrected chi connectivity index (χ0v) is 22.5. The molecule has 1 saturated heterocycles. The predicted octanol–water partition coefficient (Wildman–Crippen LogP) is 0.360. The van der Waals surface area contributed by atoms with Gasteiger partial charge in [-0.25, -0.2) is 22.7 Å². The molecule has 1 aromatic carbocycles. The largest absolute Gasteiger partial charge is 0.336 e. The van der Waals surface area contributed by atoms with Gasteiger partial charge in [0.1, 0.15) is 0 Å². The lowest BCUT2D eigenvalue weighted by atomic mass is 9.96. The van der Waals surface area contributed by atoms with Crippen LogP contribution < -0.4 is 16.8 Å². The van der Waals surface area contributed by atoms with Crippen molar-refractivity contribution < 1.29 is 13.2 Å². The van der Waals surface area contributed by atoms with E-state index in [1.54, 1.807) is 11.0 Å². The number of fused-ring (bicyclic) bond motifs is 2. The van der Waals surface area contributed by atoms with Crippen LogP contribution in [0.3, 0.4) is 0 Å². The van der Waals surface area contributed by atoms with Crippen molar-refractivity contribution in [2.75, 3.05) is 19.6 Å². The van der Waals surface area contributed by atoms with Gasteiger partial charge in [-0.05, 0) is 31.7 Å². The maximum absolute atomic E-state index is 13.6. The SMILES string of the molecule is Cc1[nH]c(=O)[nH]c(=O)c1S(=O)(=O)N1CCC[C@@H](C(=O)N2CCc3c(nc4cc(-c5ccccc5)[nH]n4c3=O)C2)C1. The minimum atomic E-state index is -4.25. The van der Waals surface area contributed by atoms with E-state index < -0.39 is 32.1 Å². The van der Waals surface area contributed by atoms with Crippen molar-refractivity contribution in [1.82, 2.24) is 33.8 Å². The van der Waals surface area contributed by atoms with E-state index in [0.717, 1.165) is 15.6 Å². The standard InChI is InChI=1S/C26H27N7O6S/c1-15-22(23(34)29-26(37)27-15)40(38,39)32-10-5-8-17(13-32)24(35)31-11-9-18-20(14-31)28-21-12-19(30-33(21)25(18)36)16-6-3-2-4-7-16/h2-4,6-7,12,17,30H,5,8-11,13-14H2,1H3,(H2,27,29,34,37)/t17-/m1/s1. The molecule has 0 bridgehead atoms. The molecule has 13 nitrogen and oxygen atoms in total. The molecule has 1 fully saturated rings. The number of nitrogens with one attached hydrogen (secondary N) is 3. The summed E-state index contributed by atoms with van der Waals surface area (Å²) in [6.45, 7) is 1.87. The average molecular weight is 566 g/mol. The number of nitrogens with zero attached hydrogens (tertiary/aromatic N) is 4. The Kier molecular flexibility index (Phi) is 6.30. The van der Waals surface area contributed by atoms with Crippen LogP contribution in [0.15, 0.2) is 55.7 Å². The zero-order valence-electron chi connectivity index (χ0n) is 21.6. The molecule has 0 spiro atoms. The summed E-state index contributed by atoms with van der Waals surface area (Å²) in [7, 11) is -4.25. The van der Waals surface area contributed by atoms with Crippen molar-refractivity contribution in [3.63, 3.8) is 0 Å². The highest BCUT2D eigenvalue weighted by Gasteiger charge is 2.38. The average Bonchev–Trinajstić information content (AvgIpc) is 3.37. The maximum atomic E-state index is 13.6. The molecule has 3 N–H and O–H groups in total. The van der Waals surface area contributed by atoms with E-state index in [1.165, 1.54) is 11.4 Å². The molecule has 0 radical (unpaired) electrons. The first-order valence-electron chi connectivity index (χ1n) is 12.9. The van der Waals surface area contributed by atoms with E-state index in [2.05, 4.69) is 15.1 Å². The Morgan fingerprint density at radius 3 is 2.60 bits per heavy atom. The molecule has 0 aliphatic carbocycles. The smallest absolute Gasteiger partial charge is 0.325 e. The van der Waals surface area contributed by atoms with Gasteiger partial charge in [0.2, 0.25) is 15.9 Å². The quantitative estimate of drug-likeness (QED) is 0.320. The number of aromatic amines is 3. The number of benzene rings is 1. The summed E-state index contributed by atoms with van der Waals surface area (Å²) >= 11 is 0. The summed E-state index contributed by atoms with van der Waals surface area (Å²) < 4.78 is 29.2. The molecule has 14 heteroatoms. The van der Waals surface area contributed by atoms with Gasteiger partial charge in [-0.3, -0.25) is 24.5 Å². The Balaban J connectivity index is 1.24.